The summed E-state index contributed by atoms with van der Waals surface area (Å²) in [4.78, 5) is 0. The minimum atomic E-state index is 0.562. The van der Waals surface area contributed by atoms with Crippen molar-refractivity contribution in [2.24, 2.45) is 0 Å². The molecule has 0 bridgehead atoms. The molecular formula is C13H12N2OS. The summed E-state index contributed by atoms with van der Waals surface area (Å²) in [5.41, 5.74) is 2.76. The molecule has 17 heavy (non-hydrogen) atoms. The molecule has 0 atom stereocenters. The number of anilines is 1. The topological polar surface area (TPSA) is 45.0 Å². The van der Waals surface area contributed by atoms with Crippen molar-refractivity contribution >= 4 is 17.0 Å². The number of ether oxygens (including phenoxy) is 1. The maximum atomic E-state index is 8.88. The summed E-state index contributed by atoms with van der Waals surface area (Å²) in [5, 5.41) is 16.3. The van der Waals surface area contributed by atoms with Gasteiger partial charge in [0, 0.05) is 17.6 Å². The van der Waals surface area contributed by atoms with Gasteiger partial charge in [0.2, 0.25) is 0 Å². The molecule has 0 unspecified atom stereocenters. The van der Waals surface area contributed by atoms with Crippen LogP contribution in [-0.4, -0.2) is 7.11 Å². The fourth-order valence-electron chi connectivity index (χ4n) is 1.51. The zero-order chi connectivity index (χ0) is 12.1. The van der Waals surface area contributed by atoms with E-state index < -0.39 is 0 Å². The van der Waals surface area contributed by atoms with Gasteiger partial charge in [-0.05, 0) is 29.1 Å². The Balaban J connectivity index is 2.09. The first-order valence-electron chi connectivity index (χ1n) is 5.16. The van der Waals surface area contributed by atoms with Crippen molar-refractivity contribution in [3.05, 3.63) is 46.2 Å². The number of benzene rings is 1. The molecule has 1 N–H and O–H groups in total. The molecule has 0 amide bonds. The van der Waals surface area contributed by atoms with Crippen LogP contribution in [0.15, 0.2) is 35.0 Å². The highest BCUT2D eigenvalue weighted by Gasteiger charge is 2.03. The predicted octanol–water partition coefficient (Wildman–Crippen LogP) is 3.24. The lowest BCUT2D eigenvalue weighted by Crippen LogP contribution is -1.99. The third kappa shape index (κ3) is 2.77. The number of methoxy groups -OCH3 is 1. The van der Waals surface area contributed by atoms with Crippen LogP contribution in [0, 0.1) is 11.3 Å². The summed E-state index contributed by atoms with van der Waals surface area (Å²) < 4.78 is 5.17. The fourth-order valence-corrected chi connectivity index (χ4v) is 2.12. The van der Waals surface area contributed by atoms with Crippen molar-refractivity contribution in [2.75, 3.05) is 12.4 Å². The first-order valence-corrected chi connectivity index (χ1v) is 6.11. The molecule has 0 radical (unpaired) electrons. The molecule has 1 aromatic carbocycles. The number of nitrogens with zero attached hydrogens (tertiary/aromatic N) is 1. The Morgan fingerprint density at radius 3 is 2.94 bits per heavy atom. The number of rotatable bonds is 4. The van der Waals surface area contributed by atoms with Gasteiger partial charge in [-0.1, -0.05) is 6.07 Å². The van der Waals surface area contributed by atoms with Crippen LogP contribution in [0.2, 0.25) is 0 Å². The van der Waals surface area contributed by atoms with E-state index in [1.54, 1.807) is 24.5 Å². The maximum absolute atomic E-state index is 8.88. The van der Waals surface area contributed by atoms with Crippen LogP contribution in [0.3, 0.4) is 0 Å². The summed E-state index contributed by atoms with van der Waals surface area (Å²) in [5.74, 6) is 0.622. The van der Waals surface area contributed by atoms with Crippen LogP contribution in [0.4, 0.5) is 5.69 Å². The third-order valence-electron chi connectivity index (χ3n) is 2.40. The Morgan fingerprint density at radius 1 is 1.41 bits per heavy atom. The lowest BCUT2D eigenvalue weighted by Gasteiger charge is -2.07. The Kier molecular flexibility index (Phi) is 3.63. The summed E-state index contributed by atoms with van der Waals surface area (Å²) in [6.45, 7) is 0.721. The highest BCUT2D eigenvalue weighted by atomic mass is 32.1. The summed E-state index contributed by atoms with van der Waals surface area (Å²) >= 11 is 1.66. The van der Waals surface area contributed by atoms with Crippen molar-refractivity contribution in [1.82, 2.24) is 0 Å². The van der Waals surface area contributed by atoms with Gasteiger partial charge in [0.05, 0.1) is 12.7 Å². The Bertz CT molecular complexity index is 529. The predicted molar refractivity (Wildman–Crippen MR) is 69.4 cm³/mol. The van der Waals surface area contributed by atoms with Gasteiger partial charge in [0.1, 0.15) is 11.8 Å². The minimum Gasteiger partial charge on any atom is -0.495 e. The van der Waals surface area contributed by atoms with E-state index in [9.17, 15) is 0 Å². The van der Waals surface area contributed by atoms with Crippen molar-refractivity contribution in [3.63, 3.8) is 0 Å². The molecule has 0 spiro atoms. The summed E-state index contributed by atoms with van der Waals surface area (Å²) in [6.07, 6.45) is 0. The number of nitrogens with one attached hydrogen (secondary N) is 1. The van der Waals surface area contributed by atoms with E-state index in [1.165, 1.54) is 0 Å². The van der Waals surface area contributed by atoms with Crippen LogP contribution in [0.1, 0.15) is 11.1 Å². The zero-order valence-electron chi connectivity index (χ0n) is 9.43. The van der Waals surface area contributed by atoms with Crippen LogP contribution in [-0.2, 0) is 6.54 Å². The minimum absolute atomic E-state index is 0.562. The van der Waals surface area contributed by atoms with E-state index in [2.05, 4.69) is 16.8 Å². The fraction of sp³-hybridized carbons (Fsp3) is 0.154. The molecule has 0 aliphatic rings. The molecule has 2 aromatic rings. The van der Waals surface area contributed by atoms with E-state index in [-0.39, 0.29) is 0 Å². The molecule has 2 rings (SSSR count). The lowest BCUT2D eigenvalue weighted by atomic mass is 10.1. The molecule has 1 aromatic heterocycles. The van der Waals surface area contributed by atoms with E-state index in [1.807, 2.05) is 23.6 Å². The number of thiophene rings is 1. The standard InChI is InChI=1S/C13H12N2OS/c1-16-13-6-10(2-3-11(13)7-14)8-15-12-4-5-17-9-12/h2-6,9,15H,8H2,1H3. The third-order valence-corrected chi connectivity index (χ3v) is 3.09. The van der Waals surface area contributed by atoms with E-state index in [0.717, 1.165) is 17.8 Å². The molecular weight excluding hydrogens is 232 g/mol. The highest BCUT2D eigenvalue weighted by molar-refractivity contribution is 7.08. The first kappa shape index (κ1) is 11.5. The SMILES string of the molecule is COc1cc(CNc2ccsc2)ccc1C#N. The molecule has 0 saturated heterocycles. The second kappa shape index (κ2) is 5.37. The van der Waals surface area contributed by atoms with Crippen molar-refractivity contribution in [2.45, 2.75) is 6.54 Å². The zero-order valence-corrected chi connectivity index (χ0v) is 10.3. The molecule has 86 valence electrons. The highest BCUT2D eigenvalue weighted by Crippen LogP contribution is 2.20. The molecule has 4 heteroatoms. The molecule has 0 aliphatic heterocycles. The Labute approximate surface area is 104 Å². The van der Waals surface area contributed by atoms with Crippen molar-refractivity contribution < 1.29 is 4.74 Å². The molecule has 1 heterocycles. The van der Waals surface area contributed by atoms with Gasteiger partial charge < -0.3 is 10.1 Å². The average Bonchev–Trinajstić information content (AvgIpc) is 2.89. The Hall–Kier alpha value is -1.99. The van der Waals surface area contributed by atoms with E-state index in [4.69, 9.17) is 10.00 Å². The van der Waals surface area contributed by atoms with Crippen LogP contribution >= 0.6 is 11.3 Å². The van der Waals surface area contributed by atoms with E-state index >= 15 is 0 Å². The smallest absolute Gasteiger partial charge is 0.136 e. The second-order valence-corrected chi connectivity index (χ2v) is 4.29. The van der Waals surface area contributed by atoms with E-state index in [0.29, 0.717) is 11.3 Å². The molecule has 3 nitrogen and oxygen atoms in total. The van der Waals surface area contributed by atoms with Gasteiger partial charge in [-0.3, -0.25) is 0 Å². The molecule has 0 aliphatic carbocycles. The average molecular weight is 244 g/mol. The quantitative estimate of drug-likeness (QED) is 0.898. The van der Waals surface area contributed by atoms with Gasteiger partial charge >= 0.3 is 0 Å². The van der Waals surface area contributed by atoms with Gasteiger partial charge in [-0.2, -0.15) is 16.6 Å². The second-order valence-electron chi connectivity index (χ2n) is 3.51. The van der Waals surface area contributed by atoms with Gasteiger partial charge in [0.15, 0.2) is 0 Å². The van der Waals surface area contributed by atoms with Gasteiger partial charge in [-0.25, -0.2) is 0 Å². The molecule has 0 saturated carbocycles. The number of hydrogen-bond donors (Lipinski definition) is 1. The molecule has 0 fully saturated rings. The normalized spacial score (nSPS) is 9.65. The Morgan fingerprint density at radius 2 is 2.29 bits per heavy atom. The van der Waals surface area contributed by atoms with Crippen molar-refractivity contribution in [3.8, 4) is 11.8 Å². The van der Waals surface area contributed by atoms with Crippen LogP contribution in [0.5, 0.6) is 5.75 Å². The first-order chi connectivity index (χ1) is 8.33. The monoisotopic (exact) mass is 244 g/mol. The summed E-state index contributed by atoms with van der Waals surface area (Å²) in [6, 6.07) is 9.73. The van der Waals surface area contributed by atoms with Crippen LogP contribution in [0.25, 0.3) is 0 Å². The van der Waals surface area contributed by atoms with Gasteiger partial charge in [0.25, 0.3) is 0 Å². The maximum Gasteiger partial charge on any atom is 0.136 e. The largest absolute Gasteiger partial charge is 0.495 e. The van der Waals surface area contributed by atoms with Gasteiger partial charge in [-0.15, -0.1) is 0 Å². The summed E-state index contributed by atoms with van der Waals surface area (Å²) in [7, 11) is 1.58. The van der Waals surface area contributed by atoms with Crippen molar-refractivity contribution in [1.29, 1.82) is 5.26 Å². The lowest BCUT2D eigenvalue weighted by molar-refractivity contribution is 0.413. The number of hydrogen-bond acceptors (Lipinski definition) is 4. The van der Waals surface area contributed by atoms with Crippen LogP contribution < -0.4 is 10.1 Å². The number of nitriles is 1.